The van der Waals surface area contributed by atoms with Crippen molar-refractivity contribution in [2.24, 2.45) is 0 Å². The van der Waals surface area contributed by atoms with E-state index in [0.29, 0.717) is 17.1 Å². The number of aromatic amines is 1. The van der Waals surface area contributed by atoms with E-state index in [-0.39, 0.29) is 28.7 Å². The molecule has 0 radical (unpaired) electrons. The molecule has 112 valence electrons. The van der Waals surface area contributed by atoms with Gasteiger partial charge in [-0.3, -0.25) is 4.79 Å². The topological polar surface area (TPSA) is 84.4 Å². The number of nitrogens with zero attached hydrogens (tertiary/aromatic N) is 1. The molecule has 0 aliphatic carbocycles. The maximum absolute atomic E-state index is 12.1. The lowest BCUT2D eigenvalue weighted by Crippen LogP contribution is -2.16. The van der Waals surface area contributed by atoms with Gasteiger partial charge in [-0.25, -0.2) is 0 Å². The first-order valence-electron chi connectivity index (χ1n) is 6.54. The van der Waals surface area contributed by atoms with Crippen LogP contribution in [0.1, 0.15) is 25.3 Å². The number of methoxy groups -OCH3 is 2. The molecule has 2 rings (SSSR count). The number of ether oxygens (including phenoxy) is 2. The molecule has 1 heterocycles. The van der Waals surface area contributed by atoms with Crippen molar-refractivity contribution in [1.82, 2.24) is 9.97 Å². The highest BCUT2D eigenvalue weighted by molar-refractivity contribution is 5.69. The first kappa shape index (κ1) is 14.9. The predicted octanol–water partition coefficient (Wildman–Crippen LogP) is 2.28. The van der Waals surface area contributed by atoms with Crippen molar-refractivity contribution >= 4 is 0 Å². The van der Waals surface area contributed by atoms with Crippen molar-refractivity contribution in [2.75, 3.05) is 14.2 Å². The Labute approximate surface area is 122 Å². The molecule has 2 aromatic rings. The summed E-state index contributed by atoms with van der Waals surface area (Å²) in [6, 6.07) is 5.22. The maximum Gasteiger partial charge on any atom is 0.258 e. The molecule has 0 amide bonds. The summed E-state index contributed by atoms with van der Waals surface area (Å²) in [6.07, 6.45) is 0. The highest BCUT2D eigenvalue weighted by Gasteiger charge is 2.18. The van der Waals surface area contributed by atoms with Crippen molar-refractivity contribution in [3.8, 4) is 28.8 Å². The van der Waals surface area contributed by atoms with Crippen LogP contribution in [0, 0.1) is 0 Å². The van der Waals surface area contributed by atoms with E-state index in [9.17, 15) is 9.90 Å². The van der Waals surface area contributed by atoms with Crippen molar-refractivity contribution in [3.63, 3.8) is 0 Å². The lowest BCUT2D eigenvalue weighted by atomic mass is 10.1. The second kappa shape index (κ2) is 5.87. The number of aromatic hydroxyl groups is 1. The van der Waals surface area contributed by atoms with E-state index < -0.39 is 0 Å². The van der Waals surface area contributed by atoms with Gasteiger partial charge in [-0.1, -0.05) is 19.9 Å². The molecular weight excluding hydrogens is 272 g/mol. The second-order valence-corrected chi connectivity index (χ2v) is 4.85. The molecule has 1 aromatic carbocycles. The Morgan fingerprint density at radius 1 is 1.24 bits per heavy atom. The van der Waals surface area contributed by atoms with Gasteiger partial charge in [0, 0.05) is 0 Å². The lowest BCUT2D eigenvalue weighted by Gasteiger charge is -2.13. The number of nitrogens with one attached hydrogen (secondary N) is 1. The van der Waals surface area contributed by atoms with Gasteiger partial charge in [0.05, 0.1) is 25.3 Å². The third kappa shape index (κ3) is 2.69. The van der Waals surface area contributed by atoms with Gasteiger partial charge < -0.3 is 19.6 Å². The number of H-pyrrole nitrogens is 1. The summed E-state index contributed by atoms with van der Waals surface area (Å²) in [6.45, 7) is 3.63. The summed E-state index contributed by atoms with van der Waals surface area (Å²) in [5, 5.41) is 9.99. The predicted molar refractivity (Wildman–Crippen MR) is 79.2 cm³/mol. The smallest absolute Gasteiger partial charge is 0.258 e. The number of rotatable bonds is 4. The van der Waals surface area contributed by atoms with Crippen LogP contribution in [-0.4, -0.2) is 29.3 Å². The molecule has 6 nitrogen and oxygen atoms in total. The third-order valence-electron chi connectivity index (χ3n) is 3.17. The summed E-state index contributed by atoms with van der Waals surface area (Å²) in [5.74, 6) is 0.804. The number of para-hydroxylation sites is 1. The molecule has 0 aliphatic heterocycles. The lowest BCUT2D eigenvalue weighted by molar-refractivity contribution is 0.356. The summed E-state index contributed by atoms with van der Waals surface area (Å²) < 4.78 is 10.5. The summed E-state index contributed by atoms with van der Waals surface area (Å²) in [4.78, 5) is 18.9. The Balaban J connectivity index is 2.66. The van der Waals surface area contributed by atoms with Gasteiger partial charge in [0.1, 0.15) is 5.82 Å². The van der Waals surface area contributed by atoms with Crippen LogP contribution >= 0.6 is 0 Å². The molecule has 0 saturated heterocycles. The number of hydrogen-bond donors (Lipinski definition) is 2. The zero-order valence-electron chi connectivity index (χ0n) is 12.4. The van der Waals surface area contributed by atoms with E-state index in [2.05, 4.69) is 9.97 Å². The van der Waals surface area contributed by atoms with E-state index in [1.54, 1.807) is 18.2 Å². The fraction of sp³-hybridized carbons (Fsp3) is 0.333. The molecule has 21 heavy (non-hydrogen) atoms. The molecule has 0 fully saturated rings. The molecule has 0 saturated carbocycles. The van der Waals surface area contributed by atoms with Crippen LogP contribution in [0.15, 0.2) is 23.0 Å². The fourth-order valence-corrected chi connectivity index (χ4v) is 2.19. The molecule has 2 N–H and O–H groups in total. The average Bonchev–Trinajstić information content (AvgIpc) is 2.44. The quantitative estimate of drug-likeness (QED) is 0.902. The van der Waals surface area contributed by atoms with E-state index >= 15 is 0 Å². The number of benzene rings is 1. The minimum Gasteiger partial charge on any atom is -0.493 e. The first-order chi connectivity index (χ1) is 9.99. The second-order valence-electron chi connectivity index (χ2n) is 4.85. The number of hydrogen-bond acceptors (Lipinski definition) is 5. The molecule has 0 atom stereocenters. The average molecular weight is 290 g/mol. The highest BCUT2D eigenvalue weighted by atomic mass is 16.5. The van der Waals surface area contributed by atoms with Gasteiger partial charge in [-0.05, 0) is 18.1 Å². The van der Waals surface area contributed by atoms with E-state index in [4.69, 9.17) is 9.47 Å². The van der Waals surface area contributed by atoms with Crippen LogP contribution in [0.2, 0.25) is 0 Å². The third-order valence-corrected chi connectivity index (χ3v) is 3.17. The fourth-order valence-electron chi connectivity index (χ4n) is 2.19. The zero-order valence-corrected chi connectivity index (χ0v) is 12.4. The monoisotopic (exact) mass is 290 g/mol. The SMILES string of the molecule is COc1cccc(-c2nc(O)c(C(C)C)c(=O)[nH]2)c1OC. The summed E-state index contributed by atoms with van der Waals surface area (Å²) >= 11 is 0. The molecule has 6 heteroatoms. The largest absolute Gasteiger partial charge is 0.493 e. The Morgan fingerprint density at radius 3 is 2.48 bits per heavy atom. The van der Waals surface area contributed by atoms with Gasteiger partial charge in [-0.15, -0.1) is 0 Å². The summed E-state index contributed by atoms with van der Waals surface area (Å²) in [7, 11) is 3.03. The Kier molecular flexibility index (Phi) is 4.16. The van der Waals surface area contributed by atoms with Crippen molar-refractivity contribution in [3.05, 3.63) is 34.1 Å². The van der Waals surface area contributed by atoms with Gasteiger partial charge >= 0.3 is 0 Å². The first-order valence-corrected chi connectivity index (χ1v) is 6.54. The molecule has 0 unspecified atom stereocenters. The van der Waals surface area contributed by atoms with Gasteiger partial charge in [0.15, 0.2) is 11.5 Å². The molecular formula is C15H18N2O4. The molecule has 0 spiro atoms. The van der Waals surface area contributed by atoms with Crippen molar-refractivity contribution < 1.29 is 14.6 Å². The van der Waals surface area contributed by atoms with E-state index in [0.717, 1.165) is 0 Å². The summed E-state index contributed by atoms with van der Waals surface area (Å²) in [5.41, 5.74) is 0.442. The molecule has 1 aromatic heterocycles. The van der Waals surface area contributed by atoms with Gasteiger partial charge in [-0.2, -0.15) is 4.98 Å². The minimum absolute atomic E-state index is 0.123. The maximum atomic E-state index is 12.1. The van der Waals surface area contributed by atoms with Crippen LogP contribution in [0.5, 0.6) is 17.4 Å². The van der Waals surface area contributed by atoms with Crippen LogP contribution < -0.4 is 15.0 Å². The standard InChI is InChI=1S/C15H18N2O4/c1-8(2)11-14(18)16-13(17-15(11)19)9-6-5-7-10(20-3)12(9)21-4/h5-8H,1-4H3,(H2,16,17,18,19). The highest BCUT2D eigenvalue weighted by Crippen LogP contribution is 2.36. The zero-order chi connectivity index (χ0) is 15.6. The Bertz CT molecular complexity index is 707. The Hall–Kier alpha value is -2.50. The van der Waals surface area contributed by atoms with Gasteiger partial charge in [0.2, 0.25) is 5.88 Å². The van der Waals surface area contributed by atoms with E-state index in [1.165, 1.54) is 14.2 Å². The van der Waals surface area contributed by atoms with E-state index in [1.807, 2.05) is 13.8 Å². The normalized spacial score (nSPS) is 10.7. The molecule has 0 aliphatic rings. The van der Waals surface area contributed by atoms with Crippen molar-refractivity contribution in [1.29, 1.82) is 0 Å². The van der Waals surface area contributed by atoms with Crippen LogP contribution in [0.25, 0.3) is 11.4 Å². The minimum atomic E-state index is -0.364. The number of aromatic nitrogens is 2. The van der Waals surface area contributed by atoms with Crippen LogP contribution in [-0.2, 0) is 0 Å². The van der Waals surface area contributed by atoms with Gasteiger partial charge in [0.25, 0.3) is 5.56 Å². The Morgan fingerprint density at radius 2 is 1.95 bits per heavy atom. The van der Waals surface area contributed by atoms with Crippen molar-refractivity contribution in [2.45, 2.75) is 19.8 Å². The van der Waals surface area contributed by atoms with Crippen LogP contribution in [0.4, 0.5) is 0 Å². The molecule has 0 bridgehead atoms. The van der Waals surface area contributed by atoms with Crippen LogP contribution in [0.3, 0.4) is 0 Å².